The third kappa shape index (κ3) is 3.32. The maximum Gasteiger partial charge on any atom is 0.253 e. The molecule has 2 fully saturated rings. The standard InChI is InChI=1S/C18H24N2O2/c21-17(19-10-3-1-2-4-11-19)15-8-7-9-16(14-15)18(22)20-12-5-6-13-20/h7-9,14H,1-6,10-13H2. The molecule has 4 heteroatoms. The van der Waals surface area contributed by atoms with Crippen LogP contribution < -0.4 is 0 Å². The number of nitrogens with zero attached hydrogens (tertiary/aromatic N) is 2. The Balaban J connectivity index is 1.75. The van der Waals surface area contributed by atoms with E-state index in [1.807, 2.05) is 28.0 Å². The number of benzene rings is 1. The van der Waals surface area contributed by atoms with Crippen molar-refractivity contribution in [2.75, 3.05) is 26.2 Å². The molecule has 0 radical (unpaired) electrons. The molecule has 0 aromatic heterocycles. The van der Waals surface area contributed by atoms with Crippen LogP contribution in [-0.2, 0) is 0 Å². The first-order valence-corrected chi connectivity index (χ1v) is 8.44. The minimum Gasteiger partial charge on any atom is -0.339 e. The summed E-state index contributed by atoms with van der Waals surface area (Å²) in [5.41, 5.74) is 1.29. The lowest BCUT2D eigenvalue weighted by molar-refractivity contribution is 0.0761. The van der Waals surface area contributed by atoms with Crippen molar-refractivity contribution < 1.29 is 9.59 Å². The number of likely N-dealkylation sites (tertiary alicyclic amines) is 2. The van der Waals surface area contributed by atoms with E-state index in [2.05, 4.69) is 0 Å². The molecule has 4 nitrogen and oxygen atoms in total. The average molecular weight is 300 g/mol. The summed E-state index contributed by atoms with van der Waals surface area (Å²) in [5, 5.41) is 0. The molecule has 3 rings (SSSR count). The fourth-order valence-corrected chi connectivity index (χ4v) is 3.34. The van der Waals surface area contributed by atoms with E-state index in [-0.39, 0.29) is 11.8 Å². The number of amides is 2. The molecule has 0 aliphatic carbocycles. The highest BCUT2D eigenvalue weighted by atomic mass is 16.2. The van der Waals surface area contributed by atoms with Crippen molar-refractivity contribution in [3.8, 4) is 0 Å². The first-order valence-electron chi connectivity index (χ1n) is 8.44. The largest absolute Gasteiger partial charge is 0.339 e. The summed E-state index contributed by atoms with van der Waals surface area (Å²) < 4.78 is 0. The van der Waals surface area contributed by atoms with Gasteiger partial charge in [-0.15, -0.1) is 0 Å². The third-order valence-electron chi connectivity index (χ3n) is 4.64. The van der Waals surface area contributed by atoms with E-state index in [1.54, 1.807) is 6.07 Å². The van der Waals surface area contributed by atoms with E-state index in [4.69, 9.17) is 0 Å². The Morgan fingerprint density at radius 2 is 1.09 bits per heavy atom. The minimum atomic E-state index is 0.0583. The lowest BCUT2D eigenvalue weighted by Gasteiger charge is -2.21. The monoisotopic (exact) mass is 300 g/mol. The molecule has 2 saturated heterocycles. The summed E-state index contributed by atoms with van der Waals surface area (Å²) >= 11 is 0. The zero-order chi connectivity index (χ0) is 15.4. The maximum absolute atomic E-state index is 12.6. The molecule has 118 valence electrons. The van der Waals surface area contributed by atoms with Crippen molar-refractivity contribution in [1.82, 2.24) is 9.80 Å². The second kappa shape index (κ2) is 6.95. The highest BCUT2D eigenvalue weighted by molar-refractivity contribution is 5.99. The van der Waals surface area contributed by atoms with Gasteiger partial charge in [-0.2, -0.15) is 0 Å². The molecule has 1 aromatic carbocycles. The lowest BCUT2D eigenvalue weighted by atomic mass is 10.1. The normalized spacial score (nSPS) is 19.1. The number of carbonyl (C=O) groups excluding carboxylic acids is 2. The predicted octanol–water partition coefficient (Wildman–Crippen LogP) is 2.94. The highest BCUT2D eigenvalue weighted by Gasteiger charge is 2.22. The van der Waals surface area contributed by atoms with Crippen LogP contribution >= 0.6 is 0 Å². The molecule has 2 amide bonds. The molecule has 0 atom stereocenters. The van der Waals surface area contributed by atoms with Crippen molar-refractivity contribution >= 4 is 11.8 Å². The third-order valence-corrected chi connectivity index (χ3v) is 4.64. The molecule has 1 aromatic rings. The molecule has 2 aliphatic rings. The van der Waals surface area contributed by atoms with Crippen LogP contribution in [0.4, 0.5) is 0 Å². The van der Waals surface area contributed by atoms with Crippen LogP contribution in [0.1, 0.15) is 59.2 Å². The molecule has 0 unspecified atom stereocenters. The Bertz CT molecular complexity index is 542. The van der Waals surface area contributed by atoms with Gasteiger partial charge in [0.15, 0.2) is 0 Å². The van der Waals surface area contributed by atoms with E-state index < -0.39 is 0 Å². The van der Waals surface area contributed by atoms with Gasteiger partial charge in [0.2, 0.25) is 0 Å². The van der Waals surface area contributed by atoms with E-state index >= 15 is 0 Å². The zero-order valence-corrected chi connectivity index (χ0v) is 13.1. The van der Waals surface area contributed by atoms with Crippen LogP contribution in [0.5, 0.6) is 0 Å². The van der Waals surface area contributed by atoms with Crippen molar-refractivity contribution in [2.24, 2.45) is 0 Å². The van der Waals surface area contributed by atoms with Gasteiger partial charge in [0.1, 0.15) is 0 Å². The van der Waals surface area contributed by atoms with Crippen molar-refractivity contribution in [3.05, 3.63) is 35.4 Å². The molecule has 2 aliphatic heterocycles. The molecule has 0 bridgehead atoms. The smallest absolute Gasteiger partial charge is 0.253 e. The second-order valence-corrected chi connectivity index (χ2v) is 6.29. The molecule has 0 saturated carbocycles. The van der Waals surface area contributed by atoms with Gasteiger partial charge in [0.25, 0.3) is 11.8 Å². The van der Waals surface area contributed by atoms with Crippen molar-refractivity contribution in [3.63, 3.8) is 0 Å². The van der Waals surface area contributed by atoms with E-state index in [9.17, 15) is 9.59 Å². The van der Waals surface area contributed by atoms with Gasteiger partial charge in [0.05, 0.1) is 0 Å². The van der Waals surface area contributed by atoms with Gasteiger partial charge in [-0.3, -0.25) is 9.59 Å². The van der Waals surface area contributed by atoms with E-state index in [0.717, 1.165) is 51.9 Å². The number of hydrogen-bond acceptors (Lipinski definition) is 2. The molecule has 22 heavy (non-hydrogen) atoms. The van der Waals surface area contributed by atoms with Crippen LogP contribution in [0.25, 0.3) is 0 Å². The fraction of sp³-hybridized carbons (Fsp3) is 0.556. The topological polar surface area (TPSA) is 40.6 Å². The Morgan fingerprint density at radius 1 is 0.682 bits per heavy atom. The van der Waals surface area contributed by atoms with Crippen molar-refractivity contribution in [2.45, 2.75) is 38.5 Å². The van der Waals surface area contributed by atoms with E-state index in [1.165, 1.54) is 12.8 Å². The van der Waals surface area contributed by atoms with Crippen LogP contribution in [0.15, 0.2) is 24.3 Å². The Hall–Kier alpha value is -1.84. The summed E-state index contributed by atoms with van der Waals surface area (Å²) in [7, 11) is 0. The summed E-state index contributed by atoms with van der Waals surface area (Å²) in [6, 6.07) is 7.25. The summed E-state index contributed by atoms with van der Waals surface area (Å²) in [4.78, 5) is 28.9. The average Bonchev–Trinajstić information content (AvgIpc) is 2.96. The number of hydrogen-bond donors (Lipinski definition) is 0. The highest BCUT2D eigenvalue weighted by Crippen LogP contribution is 2.17. The minimum absolute atomic E-state index is 0.0583. The molecular weight excluding hydrogens is 276 g/mol. The summed E-state index contributed by atoms with van der Waals surface area (Å²) in [5.74, 6) is 0.126. The molecular formula is C18H24N2O2. The number of carbonyl (C=O) groups is 2. The van der Waals surface area contributed by atoms with Crippen LogP contribution in [-0.4, -0.2) is 47.8 Å². The fourth-order valence-electron chi connectivity index (χ4n) is 3.34. The number of rotatable bonds is 2. The van der Waals surface area contributed by atoms with Gasteiger partial charge >= 0.3 is 0 Å². The SMILES string of the molecule is O=C(c1cccc(C(=O)N2CCCC2)c1)N1CCCCCC1. The first kappa shape index (κ1) is 15.1. The second-order valence-electron chi connectivity index (χ2n) is 6.29. The van der Waals surface area contributed by atoms with Gasteiger partial charge in [0, 0.05) is 37.3 Å². The summed E-state index contributed by atoms with van der Waals surface area (Å²) in [6.07, 6.45) is 6.74. The Morgan fingerprint density at radius 3 is 1.55 bits per heavy atom. The zero-order valence-electron chi connectivity index (χ0n) is 13.1. The molecule has 2 heterocycles. The quantitative estimate of drug-likeness (QED) is 0.842. The molecule has 0 N–H and O–H groups in total. The van der Waals surface area contributed by atoms with E-state index in [0.29, 0.717) is 11.1 Å². The van der Waals surface area contributed by atoms with Gasteiger partial charge < -0.3 is 9.80 Å². The Kier molecular flexibility index (Phi) is 4.76. The van der Waals surface area contributed by atoms with Crippen LogP contribution in [0, 0.1) is 0 Å². The first-order chi connectivity index (χ1) is 10.8. The van der Waals surface area contributed by atoms with Crippen molar-refractivity contribution in [1.29, 1.82) is 0 Å². The maximum atomic E-state index is 12.6. The van der Waals surface area contributed by atoms with Gasteiger partial charge in [-0.1, -0.05) is 18.9 Å². The van der Waals surface area contributed by atoms with Crippen LogP contribution in [0.2, 0.25) is 0 Å². The predicted molar refractivity (Wildman–Crippen MR) is 86.0 cm³/mol. The summed E-state index contributed by atoms with van der Waals surface area (Å²) in [6.45, 7) is 3.35. The van der Waals surface area contributed by atoms with Gasteiger partial charge in [-0.05, 0) is 43.9 Å². The Labute approximate surface area is 132 Å². The van der Waals surface area contributed by atoms with Gasteiger partial charge in [-0.25, -0.2) is 0 Å². The molecule has 0 spiro atoms. The van der Waals surface area contributed by atoms with Crippen LogP contribution in [0.3, 0.4) is 0 Å². The lowest BCUT2D eigenvalue weighted by Crippen LogP contribution is -2.32.